The summed E-state index contributed by atoms with van der Waals surface area (Å²) in [6.07, 6.45) is 0. The molecule has 1 aromatic carbocycles. The summed E-state index contributed by atoms with van der Waals surface area (Å²) in [7, 11) is 0. The van der Waals surface area contributed by atoms with Crippen molar-refractivity contribution in [2.75, 3.05) is 37.6 Å². The van der Waals surface area contributed by atoms with Crippen molar-refractivity contribution in [3.05, 3.63) is 24.3 Å². The number of aryl methyl sites for hydroxylation is 1. The summed E-state index contributed by atoms with van der Waals surface area (Å²) in [5, 5.41) is 0. The molecule has 0 radical (unpaired) electrons. The van der Waals surface area contributed by atoms with E-state index in [0.717, 1.165) is 50.7 Å². The van der Waals surface area contributed by atoms with Gasteiger partial charge in [-0.05, 0) is 26.0 Å². The molecule has 1 fully saturated rings. The molecule has 0 bridgehead atoms. The molecule has 5 nitrogen and oxygen atoms in total. The zero-order valence-electron chi connectivity index (χ0n) is 13.0. The maximum Gasteiger partial charge on any atom is 0.206 e. The predicted molar refractivity (Wildman–Crippen MR) is 87.7 cm³/mol. The van der Waals surface area contributed by atoms with Crippen LogP contribution >= 0.6 is 0 Å². The van der Waals surface area contributed by atoms with E-state index in [1.54, 1.807) is 0 Å². The van der Waals surface area contributed by atoms with Gasteiger partial charge >= 0.3 is 0 Å². The smallest absolute Gasteiger partial charge is 0.206 e. The molecule has 0 aliphatic carbocycles. The average molecular weight is 287 g/mol. The quantitative estimate of drug-likeness (QED) is 0.926. The molecule has 1 aliphatic heterocycles. The number of hydrogen-bond donors (Lipinski definition) is 1. The van der Waals surface area contributed by atoms with Gasteiger partial charge in [-0.3, -0.25) is 4.90 Å². The van der Waals surface area contributed by atoms with Crippen LogP contribution in [0.4, 0.5) is 5.95 Å². The third-order valence-corrected chi connectivity index (χ3v) is 4.51. The van der Waals surface area contributed by atoms with Crippen LogP contribution in [0, 0.1) is 0 Å². The number of fused-ring (bicyclic) bond motifs is 1. The number of hydrogen-bond acceptors (Lipinski definition) is 4. The van der Waals surface area contributed by atoms with Gasteiger partial charge in [-0.25, -0.2) is 4.98 Å². The van der Waals surface area contributed by atoms with Gasteiger partial charge < -0.3 is 15.2 Å². The first-order valence-electron chi connectivity index (χ1n) is 7.89. The van der Waals surface area contributed by atoms with E-state index in [1.807, 2.05) is 0 Å². The number of imidazole rings is 1. The number of para-hydroxylation sites is 2. The molecular formula is C16H25N5. The Kier molecular flexibility index (Phi) is 4.12. The minimum atomic E-state index is 0.470. The van der Waals surface area contributed by atoms with Gasteiger partial charge in [-0.1, -0.05) is 12.1 Å². The van der Waals surface area contributed by atoms with Crippen LogP contribution in [0.3, 0.4) is 0 Å². The maximum absolute atomic E-state index is 5.77. The van der Waals surface area contributed by atoms with Crippen molar-refractivity contribution < 1.29 is 0 Å². The van der Waals surface area contributed by atoms with E-state index in [2.05, 4.69) is 52.5 Å². The van der Waals surface area contributed by atoms with Gasteiger partial charge in [0, 0.05) is 45.3 Å². The Labute approximate surface area is 126 Å². The van der Waals surface area contributed by atoms with Crippen molar-refractivity contribution >= 4 is 17.0 Å². The molecule has 5 heteroatoms. The molecule has 0 spiro atoms. The lowest BCUT2D eigenvalue weighted by molar-refractivity contribution is 0.200. The molecule has 114 valence electrons. The molecule has 2 N–H and O–H groups in total. The number of anilines is 1. The third kappa shape index (κ3) is 2.63. The summed E-state index contributed by atoms with van der Waals surface area (Å²) in [4.78, 5) is 9.72. The SMILES string of the molecule is CCn1c(N2CCN(C(C)CN)CC2)nc2ccccc21. The van der Waals surface area contributed by atoms with E-state index in [-0.39, 0.29) is 0 Å². The molecule has 2 aromatic rings. The fourth-order valence-electron chi connectivity index (χ4n) is 3.13. The Hall–Kier alpha value is -1.59. The molecule has 0 saturated carbocycles. The van der Waals surface area contributed by atoms with Crippen molar-refractivity contribution in [1.29, 1.82) is 0 Å². The minimum Gasteiger partial charge on any atom is -0.340 e. The van der Waals surface area contributed by atoms with Gasteiger partial charge in [0.1, 0.15) is 0 Å². The van der Waals surface area contributed by atoms with Crippen LogP contribution in [0.5, 0.6) is 0 Å². The molecule has 21 heavy (non-hydrogen) atoms. The first-order valence-corrected chi connectivity index (χ1v) is 7.89. The average Bonchev–Trinajstić information content (AvgIpc) is 2.92. The summed E-state index contributed by atoms with van der Waals surface area (Å²) in [6.45, 7) is 10.2. The van der Waals surface area contributed by atoms with Crippen LogP contribution in [0.25, 0.3) is 11.0 Å². The van der Waals surface area contributed by atoms with Crippen molar-refractivity contribution in [2.24, 2.45) is 5.73 Å². The third-order valence-electron chi connectivity index (χ3n) is 4.51. The Balaban J connectivity index is 1.82. The Morgan fingerprint density at radius 1 is 1.19 bits per heavy atom. The second-order valence-corrected chi connectivity index (χ2v) is 5.75. The van der Waals surface area contributed by atoms with Crippen LogP contribution in [-0.2, 0) is 6.54 Å². The fourth-order valence-corrected chi connectivity index (χ4v) is 3.13. The van der Waals surface area contributed by atoms with E-state index < -0.39 is 0 Å². The molecular weight excluding hydrogens is 262 g/mol. The summed E-state index contributed by atoms with van der Waals surface area (Å²) in [5.41, 5.74) is 8.09. The lowest BCUT2D eigenvalue weighted by Crippen LogP contribution is -2.52. The number of rotatable bonds is 4. The van der Waals surface area contributed by atoms with Crippen LogP contribution in [0.2, 0.25) is 0 Å². The van der Waals surface area contributed by atoms with Crippen molar-refractivity contribution in [2.45, 2.75) is 26.4 Å². The van der Waals surface area contributed by atoms with Crippen molar-refractivity contribution in [1.82, 2.24) is 14.5 Å². The van der Waals surface area contributed by atoms with E-state index in [1.165, 1.54) is 5.52 Å². The minimum absolute atomic E-state index is 0.470. The second-order valence-electron chi connectivity index (χ2n) is 5.75. The van der Waals surface area contributed by atoms with Crippen LogP contribution < -0.4 is 10.6 Å². The highest BCUT2D eigenvalue weighted by Crippen LogP contribution is 2.23. The summed E-state index contributed by atoms with van der Waals surface area (Å²) in [5.74, 6) is 1.11. The maximum atomic E-state index is 5.77. The lowest BCUT2D eigenvalue weighted by atomic mass is 10.2. The molecule has 2 heterocycles. The molecule has 3 rings (SSSR count). The van der Waals surface area contributed by atoms with Crippen LogP contribution in [0.15, 0.2) is 24.3 Å². The Bertz CT molecular complexity index is 598. The standard InChI is InChI=1S/C16H25N5/c1-3-21-15-7-5-4-6-14(15)18-16(21)20-10-8-19(9-11-20)13(2)12-17/h4-7,13H,3,8-12,17H2,1-2H3. The highest BCUT2D eigenvalue weighted by atomic mass is 15.4. The van der Waals surface area contributed by atoms with E-state index in [4.69, 9.17) is 10.7 Å². The van der Waals surface area contributed by atoms with Gasteiger partial charge in [-0.15, -0.1) is 0 Å². The van der Waals surface area contributed by atoms with Gasteiger partial charge in [0.25, 0.3) is 0 Å². The van der Waals surface area contributed by atoms with Gasteiger partial charge in [0.05, 0.1) is 11.0 Å². The zero-order valence-corrected chi connectivity index (χ0v) is 13.0. The highest BCUT2D eigenvalue weighted by molar-refractivity contribution is 5.78. The van der Waals surface area contributed by atoms with Crippen molar-refractivity contribution in [3.63, 3.8) is 0 Å². The second kappa shape index (κ2) is 6.03. The zero-order chi connectivity index (χ0) is 14.8. The summed E-state index contributed by atoms with van der Waals surface area (Å²) < 4.78 is 2.32. The monoisotopic (exact) mass is 287 g/mol. The normalized spacial score (nSPS) is 18.3. The Morgan fingerprint density at radius 2 is 1.90 bits per heavy atom. The first kappa shape index (κ1) is 14.4. The summed E-state index contributed by atoms with van der Waals surface area (Å²) >= 11 is 0. The van der Waals surface area contributed by atoms with Crippen LogP contribution in [0.1, 0.15) is 13.8 Å². The Morgan fingerprint density at radius 3 is 2.57 bits per heavy atom. The van der Waals surface area contributed by atoms with Crippen LogP contribution in [-0.4, -0.2) is 53.2 Å². The van der Waals surface area contributed by atoms with E-state index in [9.17, 15) is 0 Å². The summed E-state index contributed by atoms with van der Waals surface area (Å²) in [6, 6.07) is 8.86. The number of benzene rings is 1. The highest BCUT2D eigenvalue weighted by Gasteiger charge is 2.23. The van der Waals surface area contributed by atoms with Gasteiger partial charge in [0.15, 0.2) is 0 Å². The number of aromatic nitrogens is 2. The topological polar surface area (TPSA) is 50.3 Å². The first-order chi connectivity index (χ1) is 10.2. The number of nitrogens with two attached hydrogens (primary N) is 1. The molecule has 1 aromatic heterocycles. The molecule has 0 amide bonds. The predicted octanol–water partition coefficient (Wildman–Crippen LogP) is 1.53. The largest absolute Gasteiger partial charge is 0.340 e. The molecule has 1 aliphatic rings. The van der Waals surface area contributed by atoms with Gasteiger partial charge in [0.2, 0.25) is 5.95 Å². The molecule has 1 atom stereocenters. The van der Waals surface area contributed by atoms with Gasteiger partial charge in [-0.2, -0.15) is 0 Å². The van der Waals surface area contributed by atoms with Crippen molar-refractivity contribution in [3.8, 4) is 0 Å². The van der Waals surface area contributed by atoms with E-state index in [0.29, 0.717) is 6.04 Å². The number of piperazine rings is 1. The fraction of sp³-hybridized carbons (Fsp3) is 0.562. The number of nitrogens with zero attached hydrogens (tertiary/aromatic N) is 4. The molecule has 1 unspecified atom stereocenters. The van der Waals surface area contributed by atoms with E-state index >= 15 is 0 Å². The molecule has 1 saturated heterocycles. The lowest BCUT2D eigenvalue weighted by Gasteiger charge is -2.38.